The molecule has 0 bridgehead atoms. The van der Waals surface area contributed by atoms with Crippen LogP contribution >= 0.6 is 0 Å². The van der Waals surface area contributed by atoms with Gasteiger partial charge in [-0.15, -0.1) is 5.10 Å². The van der Waals surface area contributed by atoms with Crippen LogP contribution in [0.1, 0.15) is 167 Å². The quantitative estimate of drug-likeness (QED) is 0.0869. The summed E-state index contributed by atoms with van der Waals surface area (Å²) in [5, 5.41) is 19.0. The highest BCUT2D eigenvalue weighted by atomic mass is 19.1. The number of hydrogen-bond donors (Lipinski definition) is 1. The van der Waals surface area contributed by atoms with E-state index in [9.17, 15) is 9.90 Å². The van der Waals surface area contributed by atoms with E-state index in [4.69, 9.17) is 4.74 Å². The van der Waals surface area contributed by atoms with Gasteiger partial charge in [0, 0.05) is 6.20 Å². The first-order chi connectivity index (χ1) is 19.0. The number of ether oxygens (including phenoxy) is 1. The van der Waals surface area contributed by atoms with Crippen molar-refractivity contribution in [2.24, 2.45) is 0 Å². The molecule has 0 unspecified atom stereocenters. The lowest BCUT2D eigenvalue weighted by molar-refractivity contribution is -0.153. The fraction of sp³-hybridized carbons (Fsp3) is 0.906. The predicted molar refractivity (Wildman–Crippen MR) is 159 cm³/mol. The Bertz CT molecular complexity index is 700. The molecule has 1 rings (SSSR count). The van der Waals surface area contributed by atoms with Crippen molar-refractivity contribution in [2.75, 3.05) is 6.61 Å². The van der Waals surface area contributed by atoms with Gasteiger partial charge in [-0.3, -0.25) is 0 Å². The van der Waals surface area contributed by atoms with Gasteiger partial charge in [-0.2, -0.15) is 0 Å². The minimum Gasteiger partial charge on any atom is -0.464 e. The van der Waals surface area contributed by atoms with Crippen molar-refractivity contribution in [2.45, 2.75) is 180 Å². The molecule has 1 aromatic rings. The van der Waals surface area contributed by atoms with Gasteiger partial charge in [0.15, 0.2) is 6.04 Å². The van der Waals surface area contributed by atoms with Crippen molar-refractivity contribution >= 4 is 5.97 Å². The maximum Gasteiger partial charge on any atom is 0.333 e. The summed E-state index contributed by atoms with van der Waals surface area (Å²) < 4.78 is 21.5. The molecule has 39 heavy (non-hydrogen) atoms. The summed E-state index contributed by atoms with van der Waals surface area (Å²) in [4.78, 5) is 12.6. The number of nitrogens with zero attached hydrogens (tertiary/aromatic N) is 3. The summed E-state index contributed by atoms with van der Waals surface area (Å²) in [6.07, 6.45) is 23.9. The van der Waals surface area contributed by atoms with Crippen LogP contribution in [0, 0.1) is 0 Å². The van der Waals surface area contributed by atoms with Gasteiger partial charge in [-0.05, 0) is 26.2 Å². The second-order valence-electron chi connectivity index (χ2n) is 11.3. The number of rotatable bonds is 27. The second kappa shape index (κ2) is 24.3. The summed E-state index contributed by atoms with van der Waals surface area (Å²) in [7, 11) is 0. The van der Waals surface area contributed by atoms with Crippen LogP contribution in [-0.4, -0.2) is 45.0 Å². The largest absolute Gasteiger partial charge is 0.464 e. The van der Waals surface area contributed by atoms with Gasteiger partial charge in [0.05, 0.1) is 12.3 Å². The Morgan fingerprint density at radius 1 is 0.795 bits per heavy atom. The van der Waals surface area contributed by atoms with Gasteiger partial charge in [-0.25, -0.2) is 13.9 Å². The molecular weight excluding hydrogens is 493 g/mol. The number of halogens is 1. The summed E-state index contributed by atoms with van der Waals surface area (Å²) in [6, 6.07) is -1.21. The maximum absolute atomic E-state index is 15.0. The Hall–Kier alpha value is -1.50. The number of esters is 1. The van der Waals surface area contributed by atoms with Gasteiger partial charge in [-0.1, -0.05) is 141 Å². The van der Waals surface area contributed by atoms with E-state index in [1.807, 2.05) is 0 Å². The van der Waals surface area contributed by atoms with Crippen LogP contribution in [0.15, 0.2) is 6.20 Å². The van der Waals surface area contributed by atoms with E-state index in [0.29, 0.717) is 6.42 Å². The van der Waals surface area contributed by atoms with Crippen molar-refractivity contribution in [3.05, 3.63) is 11.9 Å². The highest BCUT2D eigenvalue weighted by Gasteiger charge is 2.36. The molecule has 0 aliphatic carbocycles. The van der Waals surface area contributed by atoms with Crippen molar-refractivity contribution in [3.8, 4) is 0 Å². The molecule has 0 saturated heterocycles. The molecule has 7 heteroatoms. The molecule has 1 heterocycles. The molecule has 228 valence electrons. The van der Waals surface area contributed by atoms with E-state index in [0.717, 1.165) is 37.8 Å². The normalized spacial score (nSPS) is 13.9. The molecule has 0 aliphatic heterocycles. The number of aliphatic hydroxyl groups is 1. The zero-order chi connectivity index (χ0) is 28.6. The maximum atomic E-state index is 15.0. The van der Waals surface area contributed by atoms with Crippen LogP contribution in [0.2, 0.25) is 0 Å². The number of aromatic nitrogens is 3. The topological polar surface area (TPSA) is 77.2 Å². The molecule has 1 N–H and O–H groups in total. The van der Waals surface area contributed by atoms with Crippen molar-refractivity contribution in [3.63, 3.8) is 0 Å². The number of aliphatic hydroxyl groups excluding tert-OH is 1. The standard InChI is InChI=1S/C32H60FN3O3/c1-4-7-9-11-13-15-16-17-18-20-22-24-26-29(33)31(37)30(32(38)39-6-3)36-27-28(34-35-36)25-23-21-19-14-12-10-8-5-2/h27,29-31,37H,4-26H2,1-3H3/t29-,30+,31+/m1/s1. The number of aryl methyl sites for hydroxylation is 1. The van der Waals surface area contributed by atoms with Crippen LogP contribution < -0.4 is 0 Å². The van der Waals surface area contributed by atoms with E-state index < -0.39 is 24.3 Å². The molecular formula is C32H60FN3O3. The third kappa shape index (κ3) is 17.0. The van der Waals surface area contributed by atoms with Crippen LogP contribution in [0.25, 0.3) is 0 Å². The summed E-state index contributed by atoms with van der Waals surface area (Å²) in [5.41, 5.74) is 0.763. The van der Waals surface area contributed by atoms with Crippen LogP contribution in [-0.2, 0) is 16.0 Å². The summed E-state index contributed by atoms with van der Waals surface area (Å²) in [6.45, 7) is 6.34. The number of alkyl halides is 1. The van der Waals surface area contributed by atoms with Crippen molar-refractivity contribution in [1.82, 2.24) is 15.0 Å². The summed E-state index contributed by atoms with van der Waals surface area (Å²) >= 11 is 0. The highest BCUT2D eigenvalue weighted by molar-refractivity contribution is 5.75. The first kappa shape index (κ1) is 35.5. The van der Waals surface area contributed by atoms with E-state index in [1.54, 1.807) is 13.1 Å². The van der Waals surface area contributed by atoms with Crippen molar-refractivity contribution < 1.29 is 19.0 Å². The lowest BCUT2D eigenvalue weighted by atomic mass is 10.00. The fourth-order valence-electron chi connectivity index (χ4n) is 5.18. The molecule has 0 aliphatic rings. The average Bonchev–Trinajstić information content (AvgIpc) is 3.39. The van der Waals surface area contributed by atoms with E-state index in [1.165, 1.54) is 101 Å². The molecule has 0 spiro atoms. The molecule has 0 aromatic carbocycles. The van der Waals surface area contributed by atoms with Gasteiger partial charge >= 0.3 is 5.97 Å². The minimum atomic E-state index is -1.51. The van der Waals surface area contributed by atoms with Gasteiger partial charge in [0.2, 0.25) is 0 Å². The van der Waals surface area contributed by atoms with Crippen LogP contribution in [0.4, 0.5) is 4.39 Å². The van der Waals surface area contributed by atoms with E-state index in [-0.39, 0.29) is 13.0 Å². The first-order valence-corrected chi connectivity index (χ1v) is 16.4. The number of hydrogen-bond acceptors (Lipinski definition) is 5. The van der Waals surface area contributed by atoms with Crippen molar-refractivity contribution in [1.29, 1.82) is 0 Å². The molecule has 0 fully saturated rings. The lowest BCUT2D eigenvalue weighted by Crippen LogP contribution is -2.39. The number of carbonyl (C=O) groups excluding carboxylic acids is 1. The van der Waals surface area contributed by atoms with E-state index >= 15 is 4.39 Å². The minimum absolute atomic E-state index is 0.164. The van der Waals surface area contributed by atoms with Gasteiger partial charge in [0.1, 0.15) is 12.3 Å². The Morgan fingerprint density at radius 3 is 1.74 bits per heavy atom. The zero-order valence-electron chi connectivity index (χ0n) is 25.6. The van der Waals surface area contributed by atoms with Crippen LogP contribution in [0.5, 0.6) is 0 Å². The monoisotopic (exact) mass is 553 g/mol. The molecule has 0 radical (unpaired) electrons. The zero-order valence-corrected chi connectivity index (χ0v) is 25.6. The SMILES string of the molecule is CCCCCCCCCCCCCC[C@@H](F)[C@H](O)[C@@H](C(=O)OCC)n1cc(CCCCCCCCCC)nn1. The van der Waals surface area contributed by atoms with Gasteiger partial charge in [0.25, 0.3) is 0 Å². The molecule has 0 saturated carbocycles. The Morgan fingerprint density at radius 2 is 1.26 bits per heavy atom. The number of unbranched alkanes of at least 4 members (excludes halogenated alkanes) is 18. The Kier molecular flexibility index (Phi) is 22.1. The third-order valence-corrected chi connectivity index (χ3v) is 7.68. The summed E-state index contributed by atoms with van der Waals surface area (Å²) in [5.74, 6) is -0.661. The lowest BCUT2D eigenvalue weighted by Gasteiger charge is -2.24. The predicted octanol–water partition coefficient (Wildman–Crippen LogP) is 8.86. The second-order valence-corrected chi connectivity index (χ2v) is 11.3. The average molecular weight is 554 g/mol. The Balaban J connectivity index is 2.37. The highest BCUT2D eigenvalue weighted by Crippen LogP contribution is 2.23. The molecule has 3 atom stereocenters. The van der Waals surface area contributed by atoms with Gasteiger partial charge < -0.3 is 9.84 Å². The van der Waals surface area contributed by atoms with Crippen LogP contribution in [0.3, 0.4) is 0 Å². The Labute approximate surface area is 238 Å². The fourth-order valence-corrected chi connectivity index (χ4v) is 5.18. The number of carbonyl (C=O) groups is 1. The molecule has 6 nitrogen and oxygen atoms in total. The first-order valence-electron chi connectivity index (χ1n) is 16.4. The third-order valence-electron chi connectivity index (χ3n) is 7.68. The molecule has 1 aromatic heterocycles. The molecule has 0 amide bonds. The van der Waals surface area contributed by atoms with E-state index in [2.05, 4.69) is 24.2 Å². The smallest absolute Gasteiger partial charge is 0.333 e.